The zero-order valence-corrected chi connectivity index (χ0v) is 28.3. The molecule has 242 valence electrons. The van der Waals surface area contributed by atoms with Crippen LogP contribution in [0.4, 0.5) is 11.4 Å². The largest absolute Gasteiger partial charge is 0.311 e. The molecule has 0 N–H and O–H groups in total. The Balaban J connectivity index is 1.29. The molecule has 3 nitrogen and oxygen atoms in total. The molecule has 51 heavy (non-hydrogen) atoms. The monoisotopic (exact) mass is 653 g/mol. The van der Waals surface area contributed by atoms with Crippen molar-refractivity contribution in [3.05, 3.63) is 192 Å². The normalized spacial score (nSPS) is 16.0. The van der Waals surface area contributed by atoms with Gasteiger partial charge in [-0.3, -0.25) is 0 Å². The van der Waals surface area contributed by atoms with E-state index in [1.165, 1.54) is 49.7 Å². The Kier molecular flexibility index (Phi) is 6.85. The lowest BCUT2D eigenvalue weighted by atomic mass is 9.83. The van der Waals surface area contributed by atoms with E-state index in [0.29, 0.717) is 5.92 Å². The highest BCUT2D eigenvalue weighted by Crippen LogP contribution is 2.53. The first-order chi connectivity index (χ1) is 25.2. The fraction of sp³-hybridized carbons (Fsp3) is 0.0625. The number of nitrogens with zero attached hydrogens (tertiary/aromatic N) is 3. The van der Waals surface area contributed by atoms with Gasteiger partial charge in [-0.05, 0) is 77.2 Å². The summed E-state index contributed by atoms with van der Waals surface area (Å²) >= 11 is 0. The molecule has 1 aliphatic carbocycles. The Morgan fingerprint density at radius 2 is 1.14 bits per heavy atom. The van der Waals surface area contributed by atoms with Crippen molar-refractivity contribution in [2.75, 3.05) is 4.90 Å². The average molecular weight is 654 g/mol. The number of pyridine rings is 1. The minimum absolute atomic E-state index is 0.198. The summed E-state index contributed by atoms with van der Waals surface area (Å²) in [5, 5.41) is 3.85. The molecule has 10 rings (SSSR count). The van der Waals surface area contributed by atoms with Gasteiger partial charge in [0.2, 0.25) is 0 Å². The maximum atomic E-state index is 5.24. The van der Waals surface area contributed by atoms with Crippen LogP contribution in [-0.2, 0) is 0 Å². The lowest BCUT2D eigenvalue weighted by Crippen LogP contribution is -2.40. The Morgan fingerprint density at radius 3 is 1.92 bits per heavy atom. The van der Waals surface area contributed by atoms with Crippen molar-refractivity contribution in [3.63, 3.8) is 0 Å². The molecule has 0 bridgehead atoms. The molecule has 3 heteroatoms. The highest BCUT2D eigenvalue weighted by Gasteiger charge is 2.41. The van der Waals surface area contributed by atoms with Gasteiger partial charge in [0.15, 0.2) is 0 Å². The van der Waals surface area contributed by atoms with Crippen LogP contribution in [0.1, 0.15) is 18.4 Å². The molecule has 0 radical (unpaired) electrons. The molecule has 1 aliphatic heterocycles. The van der Waals surface area contributed by atoms with Crippen LogP contribution in [0.25, 0.3) is 62.0 Å². The van der Waals surface area contributed by atoms with Crippen LogP contribution in [0.5, 0.6) is 0 Å². The predicted molar refractivity (Wildman–Crippen MR) is 211 cm³/mol. The van der Waals surface area contributed by atoms with E-state index in [1.54, 1.807) is 0 Å². The van der Waals surface area contributed by atoms with Crippen molar-refractivity contribution in [3.8, 4) is 39.3 Å². The van der Waals surface area contributed by atoms with Crippen LogP contribution in [0.2, 0.25) is 0 Å². The quantitative estimate of drug-likeness (QED) is 0.184. The number of anilines is 2. The van der Waals surface area contributed by atoms with E-state index in [-0.39, 0.29) is 5.92 Å². The minimum atomic E-state index is 0.198. The molecule has 2 unspecified atom stereocenters. The van der Waals surface area contributed by atoms with Gasteiger partial charge in [-0.2, -0.15) is 0 Å². The Labute approximate surface area is 297 Å². The van der Waals surface area contributed by atoms with E-state index < -0.39 is 0 Å². The Bertz CT molecular complexity index is 2710. The standard InChI is InChI=1S/C48H35N3/c1-32-28-41-39-22-11-13-26-44(39)50(37-20-9-4-10-21-37)47(41)48-46(32)40-23-12-14-27-45(40)51(48)38-30-35(33-16-5-2-6-17-33)29-36(31-38)43-25-15-24-42(49-43)34-18-7-3-8-19-34/h2-32,46H,1H3. The predicted octanol–water partition coefficient (Wildman–Crippen LogP) is 10.5. The summed E-state index contributed by atoms with van der Waals surface area (Å²) in [4.78, 5) is 7.79. The maximum absolute atomic E-state index is 5.24. The summed E-state index contributed by atoms with van der Waals surface area (Å²) in [7, 11) is 0. The van der Waals surface area contributed by atoms with Gasteiger partial charge in [-0.1, -0.05) is 134 Å². The second kappa shape index (κ2) is 11.9. The molecular formula is C48H35N3. The van der Waals surface area contributed by atoms with E-state index in [0.717, 1.165) is 33.8 Å². The Morgan fingerprint density at radius 1 is 0.510 bits per heavy atom. The maximum Gasteiger partial charge on any atom is 0.0743 e. The number of hydrogen-bond donors (Lipinski definition) is 0. The summed E-state index contributed by atoms with van der Waals surface area (Å²) in [5.74, 6) is 0.499. The van der Waals surface area contributed by atoms with Crippen molar-refractivity contribution >= 4 is 34.1 Å². The molecule has 6 aromatic carbocycles. The number of hydrogen-bond acceptors (Lipinski definition) is 2. The molecule has 0 amide bonds. The van der Waals surface area contributed by atoms with Gasteiger partial charge < -0.3 is 9.47 Å². The molecule has 8 aromatic rings. The second-order valence-corrected chi connectivity index (χ2v) is 13.6. The number of fused-ring (bicyclic) bond motifs is 6. The molecule has 3 heterocycles. The first-order valence-corrected chi connectivity index (χ1v) is 17.8. The van der Waals surface area contributed by atoms with Crippen LogP contribution in [0.15, 0.2) is 176 Å². The molecule has 0 saturated carbocycles. The van der Waals surface area contributed by atoms with Gasteiger partial charge in [0.05, 0.1) is 28.0 Å². The van der Waals surface area contributed by atoms with Crippen LogP contribution >= 0.6 is 0 Å². The van der Waals surface area contributed by atoms with Gasteiger partial charge in [-0.25, -0.2) is 4.98 Å². The Hall–Kier alpha value is -6.45. The molecule has 0 fully saturated rings. The molecule has 2 aliphatic rings. The third-order valence-electron chi connectivity index (χ3n) is 10.6. The number of benzene rings is 6. The highest BCUT2D eigenvalue weighted by molar-refractivity contribution is 5.97. The smallest absolute Gasteiger partial charge is 0.0743 e. The van der Waals surface area contributed by atoms with Crippen molar-refractivity contribution in [1.82, 2.24) is 9.55 Å². The van der Waals surface area contributed by atoms with Crippen molar-refractivity contribution in [2.45, 2.75) is 12.8 Å². The van der Waals surface area contributed by atoms with Gasteiger partial charge in [0.1, 0.15) is 0 Å². The second-order valence-electron chi connectivity index (χ2n) is 13.6. The topological polar surface area (TPSA) is 21.1 Å². The molecular weight excluding hydrogens is 619 g/mol. The van der Waals surface area contributed by atoms with E-state index in [2.05, 4.69) is 192 Å². The van der Waals surface area contributed by atoms with Gasteiger partial charge in [0.25, 0.3) is 0 Å². The fourth-order valence-electron chi connectivity index (χ4n) is 8.37. The van der Waals surface area contributed by atoms with E-state index in [9.17, 15) is 0 Å². The molecule has 2 aromatic heterocycles. The number of aromatic nitrogens is 2. The molecule has 0 spiro atoms. The average Bonchev–Trinajstić information content (AvgIpc) is 3.72. The van der Waals surface area contributed by atoms with E-state index in [4.69, 9.17) is 4.98 Å². The van der Waals surface area contributed by atoms with Crippen LogP contribution in [0.3, 0.4) is 0 Å². The minimum Gasteiger partial charge on any atom is -0.311 e. The fourth-order valence-corrected chi connectivity index (χ4v) is 8.37. The summed E-state index contributed by atoms with van der Waals surface area (Å²) in [6.45, 7) is 2.38. The van der Waals surface area contributed by atoms with E-state index >= 15 is 0 Å². The van der Waals surface area contributed by atoms with Crippen LogP contribution in [0, 0.1) is 5.92 Å². The summed E-state index contributed by atoms with van der Waals surface area (Å²) in [6, 6.07) is 63.2. The first kappa shape index (κ1) is 29.5. The van der Waals surface area contributed by atoms with Gasteiger partial charge >= 0.3 is 0 Å². The summed E-state index contributed by atoms with van der Waals surface area (Å²) < 4.78 is 2.49. The van der Waals surface area contributed by atoms with Crippen LogP contribution in [-0.4, -0.2) is 9.55 Å². The third-order valence-corrected chi connectivity index (χ3v) is 10.6. The van der Waals surface area contributed by atoms with Crippen molar-refractivity contribution in [2.24, 2.45) is 5.92 Å². The summed E-state index contributed by atoms with van der Waals surface area (Å²) in [5.41, 5.74) is 13.9. The summed E-state index contributed by atoms with van der Waals surface area (Å²) in [6.07, 6.45) is 2.51. The lowest BCUT2D eigenvalue weighted by molar-refractivity contribution is 0.683. The highest BCUT2D eigenvalue weighted by atomic mass is 15.2. The SMILES string of the molecule is CC1C=c2c(n(-c3ccccc3)c3ccccc23)=C2C1c1ccccc1N2c1cc(-c2ccccc2)cc(-c2cccc(-c3ccccc3)n2)c1. The lowest BCUT2D eigenvalue weighted by Gasteiger charge is -2.29. The van der Waals surface area contributed by atoms with Crippen molar-refractivity contribution in [1.29, 1.82) is 0 Å². The van der Waals surface area contributed by atoms with E-state index in [1.807, 2.05) is 6.07 Å². The van der Waals surface area contributed by atoms with Crippen LogP contribution < -0.4 is 15.5 Å². The number of rotatable bonds is 5. The van der Waals surface area contributed by atoms with Gasteiger partial charge in [-0.15, -0.1) is 0 Å². The molecule has 2 atom stereocenters. The zero-order valence-electron chi connectivity index (χ0n) is 28.3. The number of para-hydroxylation sites is 3. The first-order valence-electron chi connectivity index (χ1n) is 17.8. The molecule has 0 saturated heterocycles. The third kappa shape index (κ3) is 4.77. The van der Waals surface area contributed by atoms with Crippen molar-refractivity contribution < 1.29 is 0 Å². The zero-order chi connectivity index (χ0) is 33.9. The van der Waals surface area contributed by atoms with Gasteiger partial charge in [0, 0.05) is 44.7 Å².